The fraction of sp³-hybridized carbons (Fsp3) is 0. The zero-order chi connectivity index (χ0) is 15.1. The molecular weight excluding hydrogens is 305 g/mol. The third-order valence-corrected chi connectivity index (χ3v) is 4.01. The Hall–Kier alpha value is -2.74. The van der Waals surface area contributed by atoms with E-state index in [4.69, 9.17) is 0 Å². The van der Waals surface area contributed by atoms with Gasteiger partial charge in [0.1, 0.15) is 17.3 Å². The monoisotopic (exact) mass is 315 g/mol. The lowest BCUT2D eigenvalue weighted by molar-refractivity contribution is 0.468. The number of guanidine groups is 1. The van der Waals surface area contributed by atoms with E-state index in [-0.39, 0.29) is 5.75 Å². The number of aromatic nitrogens is 2. The molecule has 2 aromatic carbocycles. The van der Waals surface area contributed by atoms with E-state index in [0.717, 1.165) is 22.8 Å². The van der Waals surface area contributed by atoms with Crippen LogP contribution in [0, 0.1) is 5.82 Å². The second kappa shape index (κ2) is 4.92. The van der Waals surface area contributed by atoms with Gasteiger partial charge in [0.15, 0.2) is 0 Å². The molecule has 0 saturated carbocycles. The Balaban J connectivity index is 1.67. The molecule has 22 heavy (non-hydrogen) atoms. The summed E-state index contributed by atoms with van der Waals surface area (Å²) in [6.07, 6.45) is 1.63. The highest BCUT2D eigenvalue weighted by Gasteiger charge is 2.17. The Labute approximate surface area is 128 Å². The average molecular weight is 315 g/mol. The highest BCUT2D eigenvalue weighted by molar-refractivity contribution is 7.98. The van der Waals surface area contributed by atoms with Gasteiger partial charge in [-0.2, -0.15) is 0 Å². The first-order valence-electron chi connectivity index (χ1n) is 6.43. The van der Waals surface area contributed by atoms with Crippen LogP contribution in [0.5, 0.6) is 5.75 Å². The maximum absolute atomic E-state index is 13.2. The van der Waals surface area contributed by atoms with Crippen molar-refractivity contribution in [1.29, 1.82) is 0 Å². The number of halogens is 1. The molecule has 0 spiro atoms. The quantitative estimate of drug-likeness (QED) is 0.518. The first kappa shape index (κ1) is 13.0. The summed E-state index contributed by atoms with van der Waals surface area (Å²) in [6.45, 7) is 0. The van der Waals surface area contributed by atoms with Crippen LogP contribution in [-0.2, 0) is 0 Å². The molecule has 0 saturated heterocycles. The van der Waals surface area contributed by atoms with Crippen molar-refractivity contribution in [3.05, 3.63) is 42.5 Å². The molecule has 0 fully saturated rings. The second-order valence-electron chi connectivity index (χ2n) is 4.70. The maximum Gasteiger partial charge on any atom is 0.211 e. The summed E-state index contributed by atoms with van der Waals surface area (Å²) in [4.78, 5) is 12.0. The first-order chi connectivity index (χ1) is 10.7. The van der Waals surface area contributed by atoms with E-state index in [9.17, 15) is 9.50 Å². The van der Waals surface area contributed by atoms with E-state index in [2.05, 4.69) is 25.0 Å². The van der Waals surface area contributed by atoms with E-state index < -0.39 is 5.82 Å². The number of hydrogen-bond donors (Lipinski definition) is 4. The number of H-pyrrole nitrogens is 1. The third kappa shape index (κ3) is 2.23. The predicted molar refractivity (Wildman–Crippen MR) is 83.9 cm³/mol. The van der Waals surface area contributed by atoms with E-state index in [1.165, 1.54) is 18.0 Å². The summed E-state index contributed by atoms with van der Waals surface area (Å²) in [5.41, 5.74) is 2.93. The molecule has 1 aromatic heterocycles. The van der Waals surface area contributed by atoms with E-state index in [1.807, 2.05) is 18.2 Å². The third-order valence-electron chi connectivity index (χ3n) is 3.18. The normalized spacial score (nSPS) is 13.4. The molecule has 8 heteroatoms. The van der Waals surface area contributed by atoms with Gasteiger partial charge in [-0.15, -0.1) is 0 Å². The number of fused-ring (bicyclic) bond motifs is 2. The average Bonchev–Trinajstić information content (AvgIpc) is 2.95. The number of benzene rings is 2. The highest BCUT2D eigenvalue weighted by Crippen LogP contribution is 2.39. The predicted octanol–water partition coefficient (Wildman–Crippen LogP) is 3.12. The van der Waals surface area contributed by atoms with Gasteiger partial charge in [-0.3, -0.25) is 4.72 Å². The van der Waals surface area contributed by atoms with Crippen LogP contribution in [-0.4, -0.2) is 21.0 Å². The minimum Gasteiger partial charge on any atom is -0.506 e. The van der Waals surface area contributed by atoms with E-state index in [1.54, 1.807) is 6.33 Å². The fourth-order valence-corrected chi connectivity index (χ4v) is 2.91. The summed E-state index contributed by atoms with van der Waals surface area (Å²) < 4.78 is 16.2. The van der Waals surface area contributed by atoms with Crippen molar-refractivity contribution in [1.82, 2.24) is 14.7 Å². The standard InChI is InChI=1S/C14H10FN5OS/c15-7-3-11(21)13-12(4-7)22-20-14(19-13)18-8-1-2-9-10(5-8)17-6-16-9/h1-6,21H,(H,16,17)(H2,18,19,20). The van der Waals surface area contributed by atoms with Gasteiger partial charge in [0.25, 0.3) is 0 Å². The molecule has 4 N–H and O–H groups in total. The van der Waals surface area contributed by atoms with Crippen molar-refractivity contribution >= 4 is 40.3 Å². The van der Waals surface area contributed by atoms with Gasteiger partial charge >= 0.3 is 0 Å². The first-order valence-corrected chi connectivity index (χ1v) is 7.25. The van der Waals surface area contributed by atoms with Crippen molar-refractivity contribution in [3.63, 3.8) is 0 Å². The molecule has 0 bridgehead atoms. The van der Waals surface area contributed by atoms with Crippen LogP contribution in [0.15, 0.2) is 46.5 Å². The van der Waals surface area contributed by atoms with Crippen LogP contribution >= 0.6 is 11.9 Å². The minimum absolute atomic E-state index is 0.188. The number of phenols is 1. The molecule has 6 nitrogen and oxygen atoms in total. The van der Waals surface area contributed by atoms with Crippen LogP contribution in [0.25, 0.3) is 11.0 Å². The Morgan fingerprint density at radius 3 is 3.05 bits per heavy atom. The number of hydrogen-bond acceptors (Lipinski definition) is 6. The van der Waals surface area contributed by atoms with Gasteiger partial charge in [-0.1, -0.05) is 0 Å². The van der Waals surface area contributed by atoms with Gasteiger partial charge < -0.3 is 15.4 Å². The molecule has 4 rings (SSSR count). The van der Waals surface area contributed by atoms with Crippen molar-refractivity contribution in [3.8, 4) is 5.75 Å². The molecule has 3 aromatic rings. The number of rotatable bonds is 1. The Kier molecular flexibility index (Phi) is 2.90. The van der Waals surface area contributed by atoms with Gasteiger partial charge in [-0.05, 0) is 36.2 Å². The number of aromatic amines is 1. The molecule has 0 radical (unpaired) electrons. The SMILES string of the molecule is Oc1cc(F)cc2c1N=C(Nc1ccc3nc[nH]c3c1)NS2. The molecule has 0 aliphatic carbocycles. The number of nitrogens with one attached hydrogen (secondary N) is 3. The number of aliphatic imine (C=N–C) groups is 1. The molecular formula is C14H10FN5OS. The molecule has 1 aliphatic rings. The summed E-state index contributed by atoms with van der Waals surface area (Å²) >= 11 is 1.19. The number of phenolic OH excluding ortho intramolecular Hbond substituents is 1. The fourth-order valence-electron chi connectivity index (χ4n) is 2.19. The van der Waals surface area contributed by atoms with Crippen molar-refractivity contribution in [2.24, 2.45) is 4.99 Å². The Morgan fingerprint density at radius 2 is 2.14 bits per heavy atom. The maximum atomic E-state index is 13.2. The topological polar surface area (TPSA) is 85.3 Å². The molecule has 1 aliphatic heterocycles. The number of aromatic hydroxyl groups is 1. The smallest absolute Gasteiger partial charge is 0.211 e. The minimum atomic E-state index is -0.498. The zero-order valence-electron chi connectivity index (χ0n) is 11.1. The van der Waals surface area contributed by atoms with E-state index >= 15 is 0 Å². The molecule has 0 atom stereocenters. The molecule has 2 heterocycles. The summed E-state index contributed by atoms with van der Waals surface area (Å²) in [6, 6.07) is 8.02. The van der Waals surface area contributed by atoms with Gasteiger partial charge in [-0.25, -0.2) is 14.4 Å². The highest BCUT2D eigenvalue weighted by atomic mass is 32.2. The van der Waals surface area contributed by atoms with E-state index in [0.29, 0.717) is 16.5 Å². The van der Waals surface area contributed by atoms with Crippen molar-refractivity contribution in [2.75, 3.05) is 5.32 Å². The van der Waals surface area contributed by atoms with Gasteiger partial charge in [0, 0.05) is 11.8 Å². The summed E-state index contributed by atoms with van der Waals surface area (Å²) in [7, 11) is 0. The summed E-state index contributed by atoms with van der Waals surface area (Å²) in [5, 5.41) is 12.9. The number of imidazole rings is 1. The van der Waals surface area contributed by atoms with Crippen molar-refractivity contribution in [2.45, 2.75) is 4.90 Å². The largest absolute Gasteiger partial charge is 0.506 e. The Bertz CT molecular complexity index is 907. The van der Waals surface area contributed by atoms with Crippen molar-refractivity contribution < 1.29 is 9.50 Å². The Morgan fingerprint density at radius 1 is 1.23 bits per heavy atom. The lowest BCUT2D eigenvalue weighted by Gasteiger charge is -2.18. The van der Waals surface area contributed by atoms with Crippen LogP contribution in [0.2, 0.25) is 0 Å². The lowest BCUT2D eigenvalue weighted by atomic mass is 10.2. The molecule has 0 amide bonds. The van der Waals surface area contributed by atoms with Crippen LogP contribution in [0.4, 0.5) is 15.8 Å². The van der Waals surface area contributed by atoms with Gasteiger partial charge in [0.05, 0.1) is 22.3 Å². The van der Waals surface area contributed by atoms with Crippen LogP contribution in [0.1, 0.15) is 0 Å². The van der Waals surface area contributed by atoms with Crippen LogP contribution < -0.4 is 10.0 Å². The number of anilines is 1. The lowest BCUT2D eigenvalue weighted by Crippen LogP contribution is -2.26. The second-order valence-corrected chi connectivity index (χ2v) is 5.54. The molecule has 110 valence electrons. The molecule has 0 unspecified atom stereocenters. The van der Waals surface area contributed by atoms with Gasteiger partial charge in [0.2, 0.25) is 5.96 Å². The number of nitrogens with zero attached hydrogens (tertiary/aromatic N) is 2. The summed E-state index contributed by atoms with van der Waals surface area (Å²) in [5.74, 6) is -0.229. The van der Waals surface area contributed by atoms with Crippen LogP contribution in [0.3, 0.4) is 0 Å². The zero-order valence-corrected chi connectivity index (χ0v) is 11.9.